The van der Waals surface area contributed by atoms with Crippen LogP contribution in [0.1, 0.15) is 49.4 Å². The minimum atomic E-state index is 0.0181. The molecule has 1 amide bonds. The average molecular weight is 372 g/mol. The van der Waals surface area contributed by atoms with Gasteiger partial charge in [0.25, 0.3) is 0 Å². The van der Waals surface area contributed by atoms with Crippen molar-refractivity contribution in [3.63, 3.8) is 0 Å². The predicted octanol–water partition coefficient (Wildman–Crippen LogP) is 4.00. The zero-order valence-corrected chi connectivity index (χ0v) is 15.8. The van der Waals surface area contributed by atoms with Gasteiger partial charge in [-0.15, -0.1) is 0 Å². The van der Waals surface area contributed by atoms with Crippen LogP contribution in [-0.2, 0) is 11.3 Å². The molecule has 4 nitrogen and oxygen atoms in total. The Hall–Kier alpha value is -1.78. The van der Waals surface area contributed by atoms with E-state index in [1.165, 1.54) is 25.0 Å². The van der Waals surface area contributed by atoms with E-state index in [9.17, 15) is 4.79 Å². The molecule has 4 rings (SSSR count). The number of hydrogen-bond acceptors (Lipinski definition) is 2. The van der Waals surface area contributed by atoms with Crippen LogP contribution in [0.5, 0.6) is 0 Å². The molecule has 1 aromatic carbocycles. The number of nitrogens with one attached hydrogen (secondary N) is 1. The molecule has 1 aliphatic carbocycles. The van der Waals surface area contributed by atoms with Gasteiger partial charge in [-0.05, 0) is 36.6 Å². The van der Waals surface area contributed by atoms with E-state index in [0.717, 1.165) is 36.5 Å². The molecule has 1 N–H and O–H groups in total. The Morgan fingerprint density at radius 3 is 2.69 bits per heavy atom. The van der Waals surface area contributed by atoms with E-state index >= 15 is 0 Å². The molecule has 0 radical (unpaired) electrons. The summed E-state index contributed by atoms with van der Waals surface area (Å²) < 4.78 is 2.27. The van der Waals surface area contributed by atoms with E-state index in [1.807, 2.05) is 18.2 Å². The number of carbonyl (C=O) groups is 1. The van der Waals surface area contributed by atoms with Crippen LogP contribution in [0.2, 0.25) is 5.02 Å². The second kappa shape index (κ2) is 7.85. The quantitative estimate of drug-likeness (QED) is 0.882. The van der Waals surface area contributed by atoms with Gasteiger partial charge in [0.15, 0.2) is 0 Å². The predicted molar refractivity (Wildman–Crippen MR) is 104 cm³/mol. The van der Waals surface area contributed by atoms with Gasteiger partial charge in [0.1, 0.15) is 0 Å². The molecular weight excluding hydrogens is 346 g/mol. The number of rotatable bonds is 4. The fourth-order valence-electron chi connectivity index (χ4n) is 4.36. The fourth-order valence-corrected chi connectivity index (χ4v) is 4.60. The van der Waals surface area contributed by atoms with Gasteiger partial charge in [-0.3, -0.25) is 9.69 Å². The standard InChI is InChI=1S/C21H26ClN3O/c22-18-10-5-4-9-17(18)21-19-11-6-12-24(19)13-14-25(21)15-20(26)23-16-7-2-1-3-8-16/h4-6,9-12,16,21H,1-3,7-8,13-15H2,(H,23,26). The summed E-state index contributed by atoms with van der Waals surface area (Å²) in [5.41, 5.74) is 2.27. The van der Waals surface area contributed by atoms with Gasteiger partial charge in [0.2, 0.25) is 5.91 Å². The third kappa shape index (κ3) is 3.67. The topological polar surface area (TPSA) is 37.3 Å². The van der Waals surface area contributed by atoms with Crippen LogP contribution in [0.15, 0.2) is 42.6 Å². The van der Waals surface area contributed by atoms with Crippen molar-refractivity contribution in [3.05, 3.63) is 58.9 Å². The molecular formula is C21H26ClN3O. The van der Waals surface area contributed by atoms with Crippen LogP contribution < -0.4 is 5.32 Å². The molecule has 0 bridgehead atoms. The Morgan fingerprint density at radius 1 is 1.08 bits per heavy atom. The molecule has 0 spiro atoms. The van der Waals surface area contributed by atoms with Crippen molar-refractivity contribution < 1.29 is 4.79 Å². The number of halogens is 1. The van der Waals surface area contributed by atoms with Gasteiger partial charge >= 0.3 is 0 Å². The maximum atomic E-state index is 12.7. The Bertz CT molecular complexity index is 766. The van der Waals surface area contributed by atoms with Crippen LogP contribution in [0.3, 0.4) is 0 Å². The Morgan fingerprint density at radius 2 is 1.88 bits per heavy atom. The van der Waals surface area contributed by atoms with Crippen LogP contribution in [-0.4, -0.2) is 34.5 Å². The van der Waals surface area contributed by atoms with E-state index in [1.54, 1.807) is 0 Å². The van der Waals surface area contributed by atoms with Crippen molar-refractivity contribution in [2.75, 3.05) is 13.1 Å². The third-order valence-corrected chi connectivity index (χ3v) is 6.00. The SMILES string of the molecule is O=C(CN1CCn2cccc2C1c1ccccc1Cl)NC1CCCCC1. The van der Waals surface area contributed by atoms with Crippen molar-refractivity contribution in [1.29, 1.82) is 0 Å². The molecule has 1 aliphatic heterocycles. The molecule has 5 heteroatoms. The maximum Gasteiger partial charge on any atom is 0.234 e. The number of carbonyl (C=O) groups excluding carboxylic acids is 1. The lowest BCUT2D eigenvalue weighted by atomic mass is 9.95. The van der Waals surface area contributed by atoms with Crippen molar-refractivity contribution in [1.82, 2.24) is 14.8 Å². The second-order valence-corrected chi connectivity index (χ2v) is 7.83. The Balaban J connectivity index is 1.54. The molecule has 2 aliphatic rings. The number of nitrogens with zero attached hydrogens (tertiary/aromatic N) is 2. The van der Waals surface area contributed by atoms with E-state index < -0.39 is 0 Å². The van der Waals surface area contributed by atoms with Crippen molar-refractivity contribution in [3.8, 4) is 0 Å². The Kier molecular flexibility index (Phi) is 5.32. The summed E-state index contributed by atoms with van der Waals surface area (Å²) >= 11 is 6.51. The van der Waals surface area contributed by atoms with Gasteiger partial charge in [-0.25, -0.2) is 0 Å². The first-order valence-electron chi connectivity index (χ1n) is 9.65. The molecule has 1 atom stereocenters. The summed E-state index contributed by atoms with van der Waals surface area (Å²) in [7, 11) is 0. The molecule has 1 saturated carbocycles. The van der Waals surface area contributed by atoms with E-state index in [4.69, 9.17) is 11.6 Å². The summed E-state index contributed by atoms with van der Waals surface area (Å²) in [6.45, 7) is 2.16. The highest BCUT2D eigenvalue weighted by Crippen LogP contribution is 2.35. The van der Waals surface area contributed by atoms with Gasteiger partial charge < -0.3 is 9.88 Å². The number of aromatic nitrogens is 1. The van der Waals surface area contributed by atoms with Gasteiger partial charge in [-0.1, -0.05) is 49.1 Å². The molecule has 0 saturated heterocycles. The highest BCUT2D eigenvalue weighted by atomic mass is 35.5. The normalized spacial score (nSPS) is 21.3. The summed E-state index contributed by atoms with van der Waals surface area (Å²) in [4.78, 5) is 15.0. The van der Waals surface area contributed by atoms with E-state index in [2.05, 4.69) is 39.2 Å². The molecule has 1 unspecified atom stereocenters. The van der Waals surface area contributed by atoms with E-state index in [0.29, 0.717) is 12.6 Å². The lowest BCUT2D eigenvalue weighted by Crippen LogP contribution is -2.47. The first-order valence-corrected chi connectivity index (χ1v) is 10.0. The largest absolute Gasteiger partial charge is 0.352 e. The minimum Gasteiger partial charge on any atom is -0.352 e. The van der Waals surface area contributed by atoms with Crippen LogP contribution in [0.4, 0.5) is 0 Å². The van der Waals surface area contributed by atoms with Crippen LogP contribution >= 0.6 is 11.6 Å². The minimum absolute atomic E-state index is 0.0181. The average Bonchev–Trinajstić information content (AvgIpc) is 3.12. The highest BCUT2D eigenvalue weighted by molar-refractivity contribution is 6.31. The molecule has 138 valence electrons. The summed E-state index contributed by atoms with van der Waals surface area (Å²) in [6, 6.07) is 12.6. The highest BCUT2D eigenvalue weighted by Gasteiger charge is 2.31. The number of benzene rings is 1. The lowest BCUT2D eigenvalue weighted by Gasteiger charge is -2.37. The van der Waals surface area contributed by atoms with Crippen LogP contribution in [0.25, 0.3) is 0 Å². The maximum absolute atomic E-state index is 12.7. The summed E-state index contributed by atoms with van der Waals surface area (Å²) in [6.07, 6.45) is 8.09. The van der Waals surface area contributed by atoms with Gasteiger partial charge in [-0.2, -0.15) is 0 Å². The zero-order valence-electron chi connectivity index (χ0n) is 15.0. The molecule has 2 heterocycles. The second-order valence-electron chi connectivity index (χ2n) is 7.42. The fraction of sp³-hybridized carbons (Fsp3) is 0.476. The lowest BCUT2D eigenvalue weighted by molar-refractivity contribution is -0.123. The van der Waals surface area contributed by atoms with Gasteiger partial charge in [0, 0.05) is 36.0 Å². The molecule has 1 aromatic heterocycles. The van der Waals surface area contributed by atoms with Crippen LogP contribution in [0, 0.1) is 0 Å². The summed E-state index contributed by atoms with van der Waals surface area (Å²) in [5.74, 6) is 0.133. The molecule has 1 fully saturated rings. The monoisotopic (exact) mass is 371 g/mol. The smallest absolute Gasteiger partial charge is 0.234 e. The first kappa shape index (κ1) is 17.6. The third-order valence-electron chi connectivity index (χ3n) is 5.65. The summed E-state index contributed by atoms with van der Waals surface area (Å²) in [5, 5.41) is 4.00. The number of amides is 1. The molecule has 2 aromatic rings. The Labute approximate surface area is 160 Å². The van der Waals surface area contributed by atoms with Crippen molar-refractivity contribution in [2.45, 2.75) is 50.7 Å². The molecule has 26 heavy (non-hydrogen) atoms. The first-order chi connectivity index (χ1) is 12.7. The van der Waals surface area contributed by atoms with Crippen molar-refractivity contribution >= 4 is 17.5 Å². The van der Waals surface area contributed by atoms with E-state index in [-0.39, 0.29) is 11.9 Å². The number of hydrogen-bond donors (Lipinski definition) is 1. The number of fused-ring (bicyclic) bond motifs is 1. The van der Waals surface area contributed by atoms with Gasteiger partial charge in [0.05, 0.1) is 12.6 Å². The van der Waals surface area contributed by atoms with Crippen molar-refractivity contribution in [2.24, 2.45) is 0 Å². The zero-order chi connectivity index (χ0) is 17.9.